The van der Waals surface area contributed by atoms with E-state index in [9.17, 15) is 9.18 Å². The standard InChI is InChI=1S/C27H26FN3O3/c1-17(2)18-3-5-19(6-4-18)24-15-29-25(33-24)11-12-26(32)31-14-13-22-23(16-31)30-34-27(22)20-7-9-21(28)10-8-20/h3-10,15,17H,11-14,16H2,1-2H3. The number of aryl methyl sites for hydroxylation is 1. The number of hydrogen-bond donors (Lipinski definition) is 0. The molecule has 34 heavy (non-hydrogen) atoms. The highest BCUT2D eigenvalue weighted by atomic mass is 19.1. The molecular weight excluding hydrogens is 433 g/mol. The molecule has 2 aromatic heterocycles. The molecule has 1 aliphatic rings. The quantitative estimate of drug-likeness (QED) is 0.366. The van der Waals surface area contributed by atoms with Crippen LogP contribution in [0.5, 0.6) is 0 Å². The van der Waals surface area contributed by atoms with Crippen LogP contribution in [0.25, 0.3) is 22.6 Å². The minimum Gasteiger partial charge on any atom is -0.441 e. The summed E-state index contributed by atoms with van der Waals surface area (Å²) >= 11 is 0. The molecule has 0 aliphatic carbocycles. The Morgan fingerprint density at radius 2 is 1.82 bits per heavy atom. The van der Waals surface area contributed by atoms with Crippen LogP contribution in [0, 0.1) is 5.82 Å². The smallest absolute Gasteiger partial charge is 0.223 e. The lowest BCUT2D eigenvalue weighted by molar-refractivity contribution is -0.132. The van der Waals surface area contributed by atoms with E-state index in [1.807, 2.05) is 12.1 Å². The molecule has 0 saturated carbocycles. The van der Waals surface area contributed by atoms with Crippen LogP contribution >= 0.6 is 0 Å². The third-order valence-corrected chi connectivity index (χ3v) is 6.27. The van der Waals surface area contributed by atoms with Gasteiger partial charge in [-0.05, 0) is 42.2 Å². The lowest BCUT2D eigenvalue weighted by Crippen LogP contribution is -2.36. The van der Waals surface area contributed by atoms with Crippen LogP contribution in [0.1, 0.15) is 48.9 Å². The summed E-state index contributed by atoms with van der Waals surface area (Å²) in [4.78, 5) is 19.0. The molecule has 1 aliphatic heterocycles. The SMILES string of the molecule is CC(C)c1ccc(-c2cnc(CCC(=O)N3CCc4c(noc4-c4ccc(F)cc4)C3)o2)cc1. The van der Waals surface area contributed by atoms with Crippen LogP contribution in [-0.4, -0.2) is 27.5 Å². The number of nitrogens with zero attached hydrogens (tertiary/aromatic N) is 3. The first kappa shape index (κ1) is 22.1. The summed E-state index contributed by atoms with van der Waals surface area (Å²) in [5.41, 5.74) is 4.77. The van der Waals surface area contributed by atoms with Crippen LogP contribution in [-0.2, 0) is 24.2 Å². The number of halogens is 1. The molecule has 7 heteroatoms. The summed E-state index contributed by atoms with van der Waals surface area (Å²) in [5.74, 6) is 2.11. The van der Waals surface area contributed by atoms with Crippen LogP contribution in [0.4, 0.5) is 4.39 Å². The Hall–Kier alpha value is -3.74. The highest BCUT2D eigenvalue weighted by molar-refractivity contribution is 5.77. The summed E-state index contributed by atoms with van der Waals surface area (Å²) in [6, 6.07) is 14.4. The predicted octanol–water partition coefficient (Wildman–Crippen LogP) is 5.78. The predicted molar refractivity (Wildman–Crippen MR) is 125 cm³/mol. The molecule has 2 aromatic carbocycles. The summed E-state index contributed by atoms with van der Waals surface area (Å²) < 4.78 is 24.6. The second-order valence-electron chi connectivity index (χ2n) is 8.90. The van der Waals surface area contributed by atoms with E-state index in [-0.39, 0.29) is 11.7 Å². The Labute approximate surface area is 197 Å². The second-order valence-corrected chi connectivity index (χ2v) is 8.90. The van der Waals surface area contributed by atoms with Gasteiger partial charge in [0.25, 0.3) is 0 Å². The van der Waals surface area contributed by atoms with E-state index in [1.165, 1.54) is 17.7 Å². The molecule has 174 valence electrons. The van der Waals surface area contributed by atoms with Gasteiger partial charge in [0.1, 0.15) is 11.5 Å². The van der Waals surface area contributed by atoms with Crippen molar-refractivity contribution in [3.8, 4) is 22.6 Å². The number of benzene rings is 2. The van der Waals surface area contributed by atoms with E-state index in [2.05, 4.69) is 36.1 Å². The molecule has 0 fully saturated rings. The average molecular weight is 460 g/mol. The molecule has 1 amide bonds. The number of carbonyl (C=O) groups excluding carboxylic acids is 1. The highest BCUT2D eigenvalue weighted by Crippen LogP contribution is 2.31. The van der Waals surface area contributed by atoms with E-state index < -0.39 is 0 Å². The van der Waals surface area contributed by atoms with Crippen molar-refractivity contribution in [3.63, 3.8) is 0 Å². The summed E-state index contributed by atoms with van der Waals surface area (Å²) in [5, 5.41) is 4.17. The first-order chi connectivity index (χ1) is 16.5. The first-order valence-corrected chi connectivity index (χ1v) is 11.5. The van der Waals surface area contributed by atoms with Gasteiger partial charge in [-0.2, -0.15) is 0 Å². The van der Waals surface area contributed by atoms with Crippen molar-refractivity contribution in [2.45, 2.75) is 45.6 Å². The monoisotopic (exact) mass is 459 g/mol. The van der Waals surface area contributed by atoms with Gasteiger partial charge >= 0.3 is 0 Å². The Kier molecular flexibility index (Phi) is 6.01. The van der Waals surface area contributed by atoms with E-state index in [1.54, 1.807) is 23.2 Å². The van der Waals surface area contributed by atoms with Crippen molar-refractivity contribution in [2.75, 3.05) is 6.54 Å². The van der Waals surface area contributed by atoms with Gasteiger partial charge in [0.05, 0.1) is 12.7 Å². The number of carbonyl (C=O) groups is 1. The molecule has 0 atom stereocenters. The number of rotatable bonds is 6. The van der Waals surface area contributed by atoms with Crippen molar-refractivity contribution in [1.29, 1.82) is 0 Å². The van der Waals surface area contributed by atoms with Gasteiger partial charge in [-0.25, -0.2) is 9.37 Å². The summed E-state index contributed by atoms with van der Waals surface area (Å²) in [6.45, 7) is 5.31. The number of amides is 1. The molecule has 0 saturated heterocycles. The molecule has 6 nitrogen and oxygen atoms in total. The lowest BCUT2D eigenvalue weighted by Gasteiger charge is -2.26. The molecule has 5 rings (SSSR count). The number of fused-ring (bicyclic) bond motifs is 1. The Morgan fingerprint density at radius 1 is 1.09 bits per heavy atom. The molecular formula is C27H26FN3O3. The van der Waals surface area contributed by atoms with Crippen LogP contribution in [0.2, 0.25) is 0 Å². The van der Waals surface area contributed by atoms with Crippen molar-refractivity contribution >= 4 is 5.91 Å². The fraction of sp³-hybridized carbons (Fsp3) is 0.296. The van der Waals surface area contributed by atoms with E-state index in [0.717, 1.165) is 22.4 Å². The van der Waals surface area contributed by atoms with Crippen LogP contribution in [0.15, 0.2) is 63.7 Å². The van der Waals surface area contributed by atoms with Gasteiger partial charge < -0.3 is 13.8 Å². The molecule has 3 heterocycles. The zero-order valence-electron chi connectivity index (χ0n) is 19.3. The third-order valence-electron chi connectivity index (χ3n) is 6.27. The molecule has 0 radical (unpaired) electrons. The number of hydrogen-bond acceptors (Lipinski definition) is 5. The second kappa shape index (κ2) is 9.25. The van der Waals surface area contributed by atoms with Crippen molar-refractivity contribution < 1.29 is 18.1 Å². The Balaban J connectivity index is 1.19. The largest absolute Gasteiger partial charge is 0.441 e. The lowest BCUT2D eigenvalue weighted by atomic mass is 10.0. The molecule has 0 spiro atoms. The highest BCUT2D eigenvalue weighted by Gasteiger charge is 2.27. The molecule has 0 unspecified atom stereocenters. The van der Waals surface area contributed by atoms with Crippen LogP contribution in [0.3, 0.4) is 0 Å². The van der Waals surface area contributed by atoms with Crippen LogP contribution < -0.4 is 0 Å². The maximum atomic E-state index is 13.2. The van der Waals surface area contributed by atoms with Crippen molar-refractivity contribution in [1.82, 2.24) is 15.0 Å². The van der Waals surface area contributed by atoms with E-state index in [4.69, 9.17) is 8.94 Å². The summed E-state index contributed by atoms with van der Waals surface area (Å²) in [6.07, 6.45) is 3.10. The van der Waals surface area contributed by atoms with Crippen molar-refractivity contribution in [3.05, 3.63) is 83.3 Å². The molecule has 4 aromatic rings. The van der Waals surface area contributed by atoms with Gasteiger partial charge in [0.15, 0.2) is 17.4 Å². The summed E-state index contributed by atoms with van der Waals surface area (Å²) in [7, 11) is 0. The Morgan fingerprint density at radius 3 is 2.56 bits per heavy atom. The normalized spacial score (nSPS) is 13.4. The average Bonchev–Trinajstić information content (AvgIpc) is 3.50. The Bertz CT molecular complexity index is 1290. The van der Waals surface area contributed by atoms with Crippen molar-refractivity contribution in [2.24, 2.45) is 0 Å². The minimum atomic E-state index is -0.295. The fourth-order valence-corrected chi connectivity index (χ4v) is 4.24. The zero-order chi connectivity index (χ0) is 23.7. The van der Waals surface area contributed by atoms with Gasteiger partial charge in [0, 0.05) is 36.1 Å². The third kappa shape index (κ3) is 4.51. The van der Waals surface area contributed by atoms with Gasteiger partial charge in [0.2, 0.25) is 5.91 Å². The topological polar surface area (TPSA) is 72.4 Å². The van der Waals surface area contributed by atoms with Gasteiger partial charge in [-0.3, -0.25) is 4.79 Å². The molecule has 0 N–H and O–H groups in total. The van der Waals surface area contributed by atoms with Gasteiger partial charge in [-0.15, -0.1) is 0 Å². The van der Waals surface area contributed by atoms with E-state index in [0.29, 0.717) is 55.7 Å². The van der Waals surface area contributed by atoms with Gasteiger partial charge in [-0.1, -0.05) is 43.3 Å². The number of aromatic nitrogens is 2. The zero-order valence-corrected chi connectivity index (χ0v) is 19.3. The minimum absolute atomic E-state index is 0.0259. The molecule has 0 bridgehead atoms. The maximum absolute atomic E-state index is 13.2. The fourth-order valence-electron chi connectivity index (χ4n) is 4.24. The van der Waals surface area contributed by atoms with E-state index >= 15 is 0 Å². The number of oxazole rings is 1. The first-order valence-electron chi connectivity index (χ1n) is 11.5. The maximum Gasteiger partial charge on any atom is 0.223 e.